The van der Waals surface area contributed by atoms with Crippen LogP contribution in [0.4, 0.5) is 0 Å². The van der Waals surface area contributed by atoms with Gasteiger partial charge in [-0.05, 0) is 48.5 Å². The zero-order valence-corrected chi connectivity index (χ0v) is 14.7. The number of ketones is 1. The van der Waals surface area contributed by atoms with E-state index in [1.54, 1.807) is 38.5 Å². The fourth-order valence-electron chi connectivity index (χ4n) is 2.18. The summed E-state index contributed by atoms with van der Waals surface area (Å²) in [5.74, 6) is 2.47. The van der Waals surface area contributed by atoms with Crippen molar-refractivity contribution in [3.05, 3.63) is 54.1 Å². The molecule has 3 aromatic rings. The summed E-state index contributed by atoms with van der Waals surface area (Å²) in [7, 11) is 3.22. The normalized spacial score (nSPS) is 10.5. The molecular weight excluding hydrogens is 338 g/mol. The number of aromatic amines is 1. The SMILES string of the molecule is COc1ccc(C(=O)CSc2nnc(-c3ccc(OC)cc3)[nH]2)cc1. The van der Waals surface area contributed by atoms with Crippen LogP contribution in [0.25, 0.3) is 11.4 Å². The lowest BCUT2D eigenvalue weighted by molar-refractivity contribution is 0.102. The summed E-state index contributed by atoms with van der Waals surface area (Å²) in [5.41, 5.74) is 1.55. The number of carbonyl (C=O) groups is 1. The number of hydrogen-bond donors (Lipinski definition) is 1. The van der Waals surface area contributed by atoms with Gasteiger partial charge in [0.2, 0.25) is 0 Å². The van der Waals surface area contributed by atoms with Crippen LogP contribution in [0.15, 0.2) is 53.7 Å². The molecule has 0 fully saturated rings. The maximum absolute atomic E-state index is 12.2. The smallest absolute Gasteiger partial charge is 0.189 e. The third kappa shape index (κ3) is 4.19. The first-order valence-corrected chi connectivity index (χ1v) is 8.55. The highest BCUT2D eigenvalue weighted by molar-refractivity contribution is 7.99. The van der Waals surface area contributed by atoms with Crippen LogP contribution in [0.2, 0.25) is 0 Å². The van der Waals surface area contributed by atoms with E-state index in [-0.39, 0.29) is 11.5 Å². The van der Waals surface area contributed by atoms with Gasteiger partial charge in [-0.2, -0.15) is 0 Å². The van der Waals surface area contributed by atoms with Gasteiger partial charge in [-0.25, -0.2) is 0 Å². The van der Waals surface area contributed by atoms with Crippen molar-refractivity contribution in [2.75, 3.05) is 20.0 Å². The fraction of sp³-hybridized carbons (Fsp3) is 0.167. The second-order valence-electron chi connectivity index (χ2n) is 5.15. The van der Waals surface area contributed by atoms with Crippen molar-refractivity contribution >= 4 is 17.5 Å². The quantitative estimate of drug-likeness (QED) is 0.517. The molecule has 0 saturated carbocycles. The minimum absolute atomic E-state index is 0.0232. The number of nitrogens with zero attached hydrogens (tertiary/aromatic N) is 2. The summed E-state index contributed by atoms with van der Waals surface area (Å²) in [6.07, 6.45) is 0. The van der Waals surface area contributed by atoms with E-state index in [0.717, 1.165) is 17.1 Å². The van der Waals surface area contributed by atoms with E-state index in [4.69, 9.17) is 9.47 Å². The molecule has 0 saturated heterocycles. The molecule has 7 heteroatoms. The van der Waals surface area contributed by atoms with Gasteiger partial charge in [0.1, 0.15) is 11.5 Å². The Bertz CT molecular complexity index is 845. The van der Waals surface area contributed by atoms with Gasteiger partial charge in [-0.1, -0.05) is 11.8 Å². The predicted molar refractivity (Wildman–Crippen MR) is 96.4 cm³/mol. The van der Waals surface area contributed by atoms with Crippen molar-refractivity contribution in [1.82, 2.24) is 15.2 Å². The fourth-order valence-corrected chi connectivity index (χ4v) is 2.89. The standard InChI is InChI=1S/C18H17N3O3S/c1-23-14-7-3-12(4-8-14)16(22)11-25-18-19-17(20-21-18)13-5-9-15(24-2)10-6-13/h3-10H,11H2,1-2H3,(H,19,20,21). The molecular formula is C18H17N3O3S. The second kappa shape index (κ2) is 7.85. The molecule has 0 aliphatic rings. The van der Waals surface area contributed by atoms with Crippen molar-refractivity contribution in [2.24, 2.45) is 0 Å². The number of benzene rings is 2. The minimum Gasteiger partial charge on any atom is -0.497 e. The van der Waals surface area contributed by atoms with Crippen LogP contribution in [0.5, 0.6) is 11.5 Å². The Kier molecular flexibility index (Phi) is 5.35. The lowest BCUT2D eigenvalue weighted by Gasteiger charge is -2.02. The molecule has 1 aromatic heterocycles. The highest BCUT2D eigenvalue weighted by Crippen LogP contribution is 2.22. The van der Waals surface area contributed by atoms with Crippen molar-refractivity contribution in [2.45, 2.75) is 5.16 Å². The molecule has 2 aromatic carbocycles. The molecule has 0 bridgehead atoms. The number of H-pyrrole nitrogens is 1. The average Bonchev–Trinajstić information content (AvgIpc) is 3.15. The number of carbonyl (C=O) groups excluding carboxylic acids is 1. The van der Waals surface area contributed by atoms with Crippen LogP contribution in [-0.2, 0) is 0 Å². The summed E-state index contributed by atoms with van der Waals surface area (Å²) in [6.45, 7) is 0. The van der Waals surface area contributed by atoms with E-state index in [1.807, 2.05) is 24.3 Å². The van der Waals surface area contributed by atoms with E-state index in [0.29, 0.717) is 16.5 Å². The molecule has 0 aliphatic heterocycles. The van der Waals surface area contributed by atoms with Crippen LogP contribution in [0.3, 0.4) is 0 Å². The third-order valence-corrected chi connectivity index (χ3v) is 4.45. The van der Waals surface area contributed by atoms with Crippen LogP contribution in [-0.4, -0.2) is 40.9 Å². The number of methoxy groups -OCH3 is 2. The van der Waals surface area contributed by atoms with E-state index in [1.165, 1.54) is 11.8 Å². The number of Topliss-reactive ketones (excluding diaryl/α,β-unsaturated/α-hetero) is 1. The molecule has 6 nitrogen and oxygen atoms in total. The lowest BCUT2D eigenvalue weighted by Crippen LogP contribution is -2.02. The van der Waals surface area contributed by atoms with Crippen molar-refractivity contribution in [1.29, 1.82) is 0 Å². The monoisotopic (exact) mass is 355 g/mol. The topological polar surface area (TPSA) is 77.1 Å². The van der Waals surface area contributed by atoms with Crippen LogP contribution >= 0.6 is 11.8 Å². The highest BCUT2D eigenvalue weighted by Gasteiger charge is 2.10. The van der Waals surface area contributed by atoms with Gasteiger partial charge in [0.25, 0.3) is 0 Å². The minimum atomic E-state index is 0.0232. The third-order valence-electron chi connectivity index (χ3n) is 3.58. The first kappa shape index (κ1) is 17.0. The summed E-state index contributed by atoms with van der Waals surface area (Å²) < 4.78 is 10.2. The zero-order chi connectivity index (χ0) is 17.6. The highest BCUT2D eigenvalue weighted by atomic mass is 32.2. The molecule has 3 rings (SSSR count). The lowest BCUT2D eigenvalue weighted by atomic mass is 10.1. The Balaban J connectivity index is 1.61. The van der Waals surface area contributed by atoms with E-state index >= 15 is 0 Å². The van der Waals surface area contributed by atoms with Gasteiger partial charge >= 0.3 is 0 Å². The largest absolute Gasteiger partial charge is 0.497 e. The summed E-state index contributed by atoms with van der Waals surface area (Å²) in [6, 6.07) is 14.6. The van der Waals surface area contributed by atoms with E-state index in [2.05, 4.69) is 15.2 Å². The number of hydrogen-bond acceptors (Lipinski definition) is 6. The Morgan fingerprint density at radius 1 is 0.960 bits per heavy atom. The van der Waals surface area contributed by atoms with Crippen molar-refractivity contribution in [3.8, 4) is 22.9 Å². The molecule has 1 heterocycles. The number of thioether (sulfide) groups is 1. The maximum atomic E-state index is 12.2. The number of aromatic nitrogens is 3. The van der Waals surface area contributed by atoms with Crippen LogP contribution in [0, 0.1) is 0 Å². The van der Waals surface area contributed by atoms with E-state index in [9.17, 15) is 4.79 Å². The first-order chi connectivity index (χ1) is 12.2. The molecule has 0 atom stereocenters. The zero-order valence-electron chi connectivity index (χ0n) is 13.9. The Morgan fingerprint density at radius 3 is 2.16 bits per heavy atom. The molecule has 0 radical (unpaired) electrons. The Labute approximate surface area is 149 Å². The average molecular weight is 355 g/mol. The second-order valence-corrected chi connectivity index (χ2v) is 6.11. The number of nitrogens with one attached hydrogen (secondary N) is 1. The maximum Gasteiger partial charge on any atom is 0.189 e. The van der Waals surface area contributed by atoms with Gasteiger partial charge in [-0.3, -0.25) is 4.79 Å². The molecule has 0 unspecified atom stereocenters. The molecule has 25 heavy (non-hydrogen) atoms. The molecule has 0 spiro atoms. The van der Waals surface area contributed by atoms with Gasteiger partial charge in [0.15, 0.2) is 16.8 Å². The van der Waals surface area contributed by atoms with Crippen molar-refractivity contribution in [3.63, 3.8) is 0 Å². The summed E-state index contributed by atoms with van der Waals surface area (Å²) in [5, 5.41) is 8.81. The first-order valence-electron chi connectivity index (χ1n) is 7.57. The molecule has 0 aliphatic carbocycles. The molecule has 0 amide bonds. The van der Waals surface area contributed by atoms with Gasteiger partial charge in [0.05, 0.1) is 20.0 Å². The summed E-state index contributed by atoms with van der Waals surface area (Å²) >= 11 is 1.32. The van der Waals surface area contributed by atoms with Crippen LogP contribution < -0.4 is 9.47 Å². The van der Waals surface area contributed by atoms with Crippen LogP contribution in [0.1, 0.15) is 10.4 Å². The molecule has 128 valence electrons. The van der Waals surface area contributed by atoms with Gasteiger partial charge in [0, 0.05) is 11.1 Å². The van der Waals surface area contributed by atoms with Gasteiger partial charge < -0.3 is 14.5 Å². The van der Waals surface area contributed by atoms with Gasteiger partial charge in [-0.15, -0.1) is 10.2 Å². The Morgan fingerprint density at radius 2 is 1.56 bits per heavy atom. The van der Waals surface area contributed by atoms with E-state index < -0.39 is 0 Å². The number of rotatable bonds is 7. The summed E-state index contributed by atoms with van der Waals surface area (Å²) in [4.78, 5) is 15.3. The van der Waals surface area contributed by atoms with Crippen molar-refractivity contribution < 1.29 is 14.3 Å². The predicted octanol–water partition coefficient (Wildman–Crippen LogP) is 3.46. The Hall–Kier alpha value is -2.80. The molecule has 1 N–H and O–H groups in total. The number of ether oxygens (including phenoxy) is 2.